The first-order chi connectivity index (χ1) is 10.6. The summed E-state index contributed by atoms with van der Waals surface area (Å²) in [6.45, 7) is 0. The minimum absolute atomic E-state index is 0.0246. The zero-order valence-corrected chi connectivity index (χ0v) is 13.5. The van der Waals surface area contributed by atoms with Gasteiger partial charge in [-0.05, 0) is 31.0 Å². The van der Waals surface area contributed by atoms with E-state index in [1.54, 1.807) is 18.2 Å². The monoisotopic (exact) mass is 337 g/mol. The molecule has 0 unspecified atom stereocenters. The Hall–Kier alpha value is -1.70. The molecular weight excluding hydrogens is 321 g/mol. The van der Waals surface area contributed by atoms with E-state index in [0.29, 0.717) is 15.7 Å². The van der Waals surface area contributed by atoms with E-state index in [9.17, 15) is 4.79 Å². The Balaban J connectivity index is 2.00. The van der Waals surface area contributed by atoms with E-state index in [4.69, 9.17) is 28.5 Å². The highest BCUT2D eigenvalue weighted by molar-refractivity contribution is 6.36. The van der Waals surface area contributed by atoms with Crippen LogP contribution in [0.25, 0.3) is 0 Å². The van der Waals surface area contributed by atoms with E-state index >= 15 is 0 Å². The molecular formula is C16H17Cl2N3O. The topological polar surface area (TPSA) is 64.9 Å². The maximum absolute atomic E-state index is 12.1. The molecule has 6 heteroatoms. The van der Waals surface area contributed by atoms with Crippen LogP contribution in [0.5, 0.6) is 0 Å². The predicted molar refractivity (Wildman–Crippen MR) is 88.8 cm³/mol. The molecule has 2 rings (SSSR count). The quantitative estimate of drug-likeness (QED) is 0.637. The maximum Gasteiger partial charge on any atom is 0.263 e. The van der Waals surface area contributed by atoms with E-state index in [1.165, 1.54) is 12.6 Å². The molecule has 1 amide bonds. The van der Waals surface area contributed by atoms with Gasteiger partial charge in [0.2, 0.25) is 0 Å². The van der Waals surface area contributed by atoms with Gasteiger partial charge in [0.25, 0.3) is 5.91 Å². The number of hydrogen-bond acceptors (Lipinski definition) is 3. The number of nitriles is 1. The van der Waals surface area contributed by atoms with Crippen LogP contribution in [0, 0.1) is 11.3 Å². The minimum Gasteiger partial charge on any atom is -0.359 e. The number of benzene rings is 1. The summed E-state index contributed by atoms with van der Waals surface area (Å²) in [6, 6.07) is 7.03. The van der Waals surface area contributed by atoms with E-state index in [-0.39, 0.29) is 17.5 Å². The van der Waals surface area contributed by atoms with Crippen LogP contribution >= 0.6 is 23.2 Å². The first kappa shape index (κ1) is 16.7. The molecule has 0 spiro atoms. The minimum atomic E-state index is -0.355. The number of nitrogens with zero attached hydrogens (tertiary/aromatic N) is 1. The van der Waals surface area contributed by atoms with Crippen LogP contribution in [0.15, 0.2) is 30.0 Å². The highest BCUT2D eigenvalue weighted by Gasteiger charge is 2.18. The summed E-state index contributed by atoms with van der Waals surface area (Å²) in [4.78, 5) is 12.1. The molecule has 1 aliphatic rings. The number of halogens is 2. The molecule has 0 aliphatic heterocycles. The number of carbonyl (C=O) groups is 1. The molecule has 0 atom stereocenters. The van der Waals surface area contributed by atoms with Crippen LogP contribution in [0.4, 0.5) is 5.69 Å². The van der Waals surface area contributed by atoms with Crippen molar-refractivity contribution in [1.29, 1.82) is 5.26 Å². The third-order valence-electron chi connectivity index (χ3n) is 3.61. The van der Waals surface area contributed by atoms with Gasteiger partial charge in [-0.3, -0.25) is 4.79 Å². The van der Waals surface area contributed by atoms with Gasteiger partial charge < -0.3 is 10.6 Å². The maximum atomic E-state index is 12.1. The van der Waals surface area contributed by atoms with E-state index < -0.39 is 0 Å². The van der Waals surface area contributed by atoms with Gasteiger partial charge in [-0.25, -0.2) is 0 Å². The second-order valence-corrected chi connectivity index (χ2v) is 6.09. The summed E-state index contributed by atoms with van der Waals surface area (Å²) in [6.07, 6.45) is 6.77. The van der Waals surface area contributed by atoms with Gasteiger partial charge >= 0.3 is 0 Å². The molecule has 0 saturated heterocycles. The first-order valence-electron chi connectivity index (χ1n) is 7.23. The fraction of sp³-hybridized carbons (Fsp3) is 0.375. The number of amides is 1. The van der Waals surface area contributed by atoms with Crippen molar-refractivity contribution in [2.45, 2.75) is 38.1 Å². The number of rotatable bonds is 4. The Bertz CT molecular complexity index is 616. The van der Waals surface area contributed by atoms with Crippen LogP contribution in [0.2, 0.25) is 10.0 Å². The normalized spacial score (nSPS) is 16.0. The Morgan fingerprint density at radius 3 is 2.64 bits per heavy atom. The second kappa shape index (κ2) is 8.07. The molecule has 0 aromatic heterocycles. The molecule has 22 heavy (non-hydrogen) atoms. The highest BCUT2D eigenvalue weighted by Crippen LogP contribution is 2.25. The Morgan fingerprint density at radius 1 is 1.27 bits per heavy atom. The predicted octanol–water partition coefficient (Wildman–Crippen LogP) is 4.26. The lowest BCUT2D eigenvalue weighted by atomic mass is 9.95. The molecule has 1 aromatic rings. The fourth-order valence-corrected chi connectivity index (χ4v) is 2.88. The van der Waals surface area contributed by atoms with Gasteiger partial charge in [0.1, 0.15) is 11.6 Å². The average molecular weight is 338 g/mol. The van der Waals surface area contributed by atoms with Crippen LogP contribution in [0.3, 0.4) is 0 Å². The third kappa shape index (κ3) is 4.66. The molecule has 116 valence electrons. The molecule has 0 radical (unpaired) electrons. The lowest BCUT2D eigenvalue weighted by molar-refractivity contribution is -0.118. The fourth-order valence-electron chi connectivity index (χ4n) is 2.42. The number of carbonyl (C=O) groups excluding carboxylic acids is 1. The summed E-state index contributed by atoms with van der Waals surface area (Å²) in [5.74, 6) is -0.355. The van der Waals surface area contributed by atoms with Gasteiger partial charge in [-0.1, -0.05) is 42.5 Å². The van der Waals surface area contributed by atoms with E-state index in [2.05, 4.69) is 10.6 Å². The van der Waals surface area contributed by atoms with Gasteiger partial charge in [0.05, 0.1) is 10.7 Å². The summed E-state index contributed by atoms with van der Waals surface area (Å²) in [5.41, 5.74) is 0.612. The van der Waals surface area contributed by atoms with Crippen molar-refractivity contribution in [3.05, 3.63) is 40.0 Å². The zero-order chi connectivity index (χ0) is 15.9. The second-order valence-electron chi connectivity index (χ2n) is 5.25. The van der Waals surface area contributed by atoms with E-state index in [1.807, 2.05) is 6.07 Å². The summed E-state index contributed by atoms with van der Waals surface area (Å²) >= 11 is 11.9. The van der Waals surface area contributed by atoms with Gasteiger partial charge in [0.15, 0.2) is 0 Å². The van der Waals surface area contributed by atoms with Crippen molar-refractivity contribution < 1.29 is 4.79 Å². The van der Waals surface area contributed by atoms with E-state index in [0.717, 1.165) is 25.7 Å². The Labute approximate surface area is 140 Å². The highest BCUT2D eigenvalue weighted by atomic mass is 35.5. The van der Waals surface area contributed by atoms with Crippen molar-refractivity contribution in [3.8, 4) is 6.07 Å². The Morgan fingerprint density at radius 2 is 2.00 bits per heavy atom. The van der Waals surface area contributed by atoms with Gasteiger partial charge in [0, 0.05) is 17.3 Å². The molecule has 1 aliphatic carbocycles. The van der Waals surface area contributed by atoms with Crippen LogP contribution < -0.4 is 10.6 Å². The summed E-state index contributed by atoms with van der Waals surface area (Å²) in [7, 11) is 0. The SMILES string of the molecule is N#C/C(=C/Nc1ccc(Cl)cc1Cl)C(=O)NC1CCCCC1. The molecule has 1 fully saturated rings. The lowest BCUT2D eigenvalue weighted by Gasteiger charge is -2.22. The molecule has 0 heterocycles. The molecule has 1 saturated carbocycles. The summed E-state index contributed by atoms with van der Waals surface area (Å²) in [5, 5.41) is 15.9. The first-order valence-corrected chi connectivity index (χ1v) is 7.98. The smallest absolute Gasteiger partial charge is 0.263 e. The standard InChI is InChI=1S/C16H17Cl2N3O/c17-12-6-7-15(14(18)8-12)20-10-11(9-19)16(22)21-13-4-2-1-3-5-13/h6-8,10,13,20H,1-5H2,(H,21,22)/b11-10-. The number of hydrogen-bond donors (Lipinski definition) is 2. The van der Waals surface area contributed by atoms with Crippen LogP contribution in [-0.4, -0.2) is 11.9 Å². The van der Waals surface area contributed by atoms with Crippen LogP contribution in [-0.2, 0) is 4.79 Å². The molecule has 4 nitrogen and oxygen atoms in total. The summed E-state index contributed by atoms with van der Waals surface area (Å²) < 4.78 is 0. The average Bonchev–Trinajstić information content (AvgIpc) is 2.50. The van der Waals surface area contributed by atoms with Crippen molar-refractivity contribution in [2.75, 3.05) is 5.32 Å². The Kier molecular flexibility index (Phi) is 6.11. The van der Waals surface area contributed by atoms with Gasteiger partial charge in [-0.15, -0.1) is 0 Å². The molecule has 1 aromatic carbocycles. The van der Waals surface area contributed by atoms with Crippen LogP contribution in [0.1, 0.15) is 32.1 Å². The van der Waals surface area contributed by atoms with Crippen molar-refractivity contribution in [2.24, 2.45) is 0 Å². The third-order valence-corrected chi connectivity index (χ3v) is 4.16. The van der Waals surface area contributed by atoms with Crippen molar-refractivity contribution in [3.63, 3.8) is 0 Å². The van der Waals surface area contributed by atoms with Crippen molar-refractivity contribution >= 4 is 34.8 Å². The number of anilines is 1. The molecule has 2 N–H and O–H groups in total. The van der Waals surface area contributed by atoms with Gasteiger partial charge in [-0.2, -0.15) is 5.26 Å². The molecule has 0 bridgehead atoms. The zero-order valence-electron chi connectivity index (χ0n) is 12.0. The number of nitrogens with one attached hydrogen (secondary N) is 2. The lowest BCUT2D eigenvalue weighted by Crippen LogP contribution is -2.37. The van der Waals surface area contributed by atoms with Crippen molar-refractivity contribution in [1.82, 2.24) is 5.32 Å². The largest absolute Gasteiger partial charge is 0.359 e.